The fourth-order valence-electron chi connectivity index (χ4n) is 9.62. The second kappa shape index (κ2) is 25.9. The molecule has 0 saturated heterocycles. The zero-order valence-corrected chi connectivity index (χ0v) is 38.0. The van der Waals surface area contributed by atoms with E-state index in [0.29, 0.717) is 11.5 Å². The maximum atomic E-state index is 10.4. The van der Waals surface area contributed by atoms with Crippen LogP contribution in [0.3, 0.4) is 0 Å². The fraction of sp³-hybridized carbons (Fsp3) is 0.510. The van der Waals surface area contributed by atoms with Gasteiger partial charge in [-0.15, -0.1) is 0 Å². The first-order valence-electron chi connectivity index (χ1n) is 21.7. The third kappa shape index (κ3) is 14.9. The molecule has 3 aromatic carbocycles. The van der Waals surface area contributed by atoms with Gasteiger partial charge in [0.05, 0.1) is 22.6 Å². The molecule has 0 amide bonds. The van der Waals surface area contributed by atoms with Gasteiger partial charge in [-0.25, -0.2) is 0 Å². The Morgan fingerprint density at radius 1 is 0.455 bits per heavy atom. The van der Waals surface area contributed by atoms with Gasteiger partial charge in [-0.2, -0.15) is 0 Å². The van der Waals surface area contributed by atoms with Crippen LogP contribution >= 0.6 is 15.8 Å². The molecule has 0 bridgehead atoms. The topological polar surface area (TPSA) is 53.4 Å². The third-order valence-electron chi connectivity index (χ3n) is 12.3. The molecular formula is C49H68NO2P2Re+2. The minimum atomic E-state index is -0.604. The van der Waals surface area contributed by atoms with E-state index in [1.807, 2.05) is 48.5 Å². The number of aromatic hydroxyl groups is 2. The van der Waals surface area contributed by atoms with Crippen molar-refractivity contribution in [3.8, 4) is 15.8 Å². The maximum Gasteiger partial charge on any atom is 0.0267 e. The standard InChI is InChI=1S/2C18H27OP.C8H7.C5H5N.Re/c2*19-17-13-7-8-14-18(17)20(15-9-3-1-4-10-15)16-11-5-2-6-12-16;1-2-8-6-4-3-5-7-8;1-2-4-6-5-3-1;/h2*7-8,13-16,19H,1-6,9-12H2;3-7H,2H2;1-5H;/p+2. The van der Waals surface area contributed by atoms with E-state index in [0.717, 1.165) is 29.1 Å². The third-order valence-corrected chi connectivity index (χ3v) is 20.7. The number of para-hydroxylation sites is 2. The molecule has 4 aliphatic rings. The Balaban J connectivity index is 0.000000155. The summed E-state index contributed by atoms with van der Waals surface area (Å²) in [5.74, 6) is 1.16. The summed E-state index contributed by atoms with van der Waals surface area (Å²) in [4.78, 5) is 3.78. The number of hydrogen-bond donors (Lipinski definition) is 2. The number of phenolic OH excluding ortho intramolecular Hbond substituents is 2. The molecular weight excluding hydrogens is 883 g/mol. The molecule has 0 radical (unpaired) electrons. The molecule has 1 heterocycles. The zero-order chi connectivity index (χ0) is 38.3. The van der Waals surface area contributed by atoms with Crippen molar-refractivity contribution in [2.75, 3.05) is 0 Å². The summed E-state index contributed by atoms with van der Waals surface area (Å²) >= 11 is 1.60. The van der Waals surface area contributed by atoms with Crippen LogP contribution in [0.5, 0.6) is 11.5 Å². The Morgan fingerprint density at radius 2 is 0.782 bits per heavy atom. The number of nitrogens with zero attached hydrogens (tertiary/aromatic N) is 1. The first-order valence-corrected chi connectivity index (χ1v) is 26.3. The quantitative estimate of drug-likeness (QED) is 0.182. The molecule has 4 aliphatic carbocycles. The smallest absolute Gasteiger partial charge is 0.0267 e. The van der Waals surface area contributed by atoms with Crippen molar-refractivity contribution in [2.24, 2.45) is 0 Å². The van der Waals surface area contributed by atoms with Crippen molar-refractivity contribution < 1.29 is 28.8 Å². The number of rotatable bonds is 7. The predicted octanol–water partition coefficient (Wildman–Crippen LogP) is 12.6. The molecule has 6 heteroatoms. The zero-order valence-electron chi connectivity index (χ0n) is 33.3. The van der Waals surface area contributed by atoms with Gasteiger partial charge in [-0.05, 0) is 139 Å². The van der Waals surface area contributed by atoms with E-state index in [4.69, 9.17) is 0 Å². The first kappa shape index (κ1) is 43.8. The van der Waals surface area contributed by atoms with E-state index >= 15 is 0 Å². The molecule has 4 saturated carbocycles. The van der Waals surface area contributed by atoms with Crippen LogP contribution < -0.4 is 10.6 Å². The van der Waals surface area contributed by atoms with E-state index in [9.17, 15) is 10.2 Å². The minimum absolute atomic E-state index is 0.581. The Hall–Kier alpha value is -2.29. The average molecular weight is 951 g/mol. The fourth-order valence-corrected chi connectivity index (χ4v) is 18.7. The molecule has 296 valence electrons. The van der Waals surface area contributed by atoms with E-state index in [1.165, 1.54) is 145 Å². The summed E-state index contributed by atoms with van der Waals surface area (Å²) in [5.41, 5.74) is 4.98. The van der Waals surface area contributed by atoms with Gasteiger partial charge in [0, 0.05) is 28.2 Å². The molecule has 0 spiro atoms. The summed E-state index contributed by atoms with van der Waals surface area (Å²) < 4.78 is 3.14. The number of phenols is 2. The van der Waals surface area contributed by atoms with Crippen molar-refractivity contribution in [3.05, 3.63) is 115 Å². The van der Waals surface area contributed by atoms with Crippen LogP contribution in [0.1, 0.15) is 134 Å². The normalized spacial score (nSPS) is 18.4. The van der Waals surface area contributed by atoms with Crippen LogP contribution in [-0.2, 0) is 25.0 Å². The Kier molecular flexibility index (Phi) is 20.6. The molecule has 3 nitrogen and oxygen atoms in total. The van der Waals surface area contributed by atoms with Crippen LogP contribution in [0.25, 0.3) is 0 Å². The van der Waals surface area contributed by atoms with Gasteiger partial charge in [0.1, 0.15) is 10.6 Å². The van der Waals surface area contributed by atoms with Crippen LogP contribution in [-0.4, -0.2) is 37.8 Å². The van der Waals surface area contributed by atoms with Gasteiger partial charge in [-0.1, -0.05) is 56.0 Å². The van der Waals surface area contributed by atoms with Crippen LogP contribution in [0.4, 0.5) is 0 Å². The SMILES string of the molecule is Oc1ccccc1[PH+](C1CCCCC1)C1CCCCC1.Oc1ccccc1[PH+](C1CCCCC1)C1CCCCC1.[Re]#[C]Cc1ccccc1.c1ccncc1. The van der Waals surface area contributed by atoms with Gasteiger partial charge >= 0.3 is 65.2 Å². The largest absolute Gasteiger partial charge is 0.265 e. The second-order valence-corrected chi connectivity index (χ2v) is 23.2. The number of pyridine rings is 1. The minimum Gasteiger partial charge on any atom is -0.265 e. The molecule has 8 rings (SSSR count). The second-order valence-electron chi connectivity index (χ2n) is 16.1. The van der Waals surface area contributed by atoms with E-state index in [-0.39, 0.29) is 0 Å². The van der Waals surface area contributed by atoms with Gasteiger partial charge < -0.3 is 10.2 Å². The van der Waals surface area contributed by atoms with Crippen molar-refractivity contribution in [3.63, 3.8) is 0 Å². The molecule has 0 atom stereocenters. The molecule has 1 aromatic heterocycles. The van der Waals surface area contributed by atoms with Crippen molar-refractivity contribution >= 4 is 26.5 Å². The van der Waals surface area contributed by atoms with E-state index in [1.54, 1.807) is 30.9 Å². The summed E-state index contributed by atoms with van der Waals surface area (Å²) in [6.45, 7) is 0. The van der Waals surface area contributed by atoms with Crippen LogP contribution in [0, 0.1) is 4.29 Å². The number of benzene rings is 3. The summed E-state index contributed by atoms with van der Waals surface area (Å²) in [6, 6.07) is 32.6. The maximum absolute atomic E-state index is 10.4. The van der Waals surface area contributed by atoms with Gasteiger partial charge in [-0.3, -0.25) is 4.98 Å². The van der Waals surface area contributed by atoms with Gasteiger partial charge in [0.15, 0.2) is 11.5 Å². The van der Waals surface area contributed by atoms with Crippen molar-refractivity contribution in [2.45, 2.75) is 157 Å². The van der Waals surface area contributed by atoms with Crippen LogP contribution in [0.2, 0.25) is 0 Å². The summed E-state index contributed by atoms with van der Waals surface area (Å²) in [7, 11) is -1.21. The van der Waals surface area contributed by atoms with Crippen LogP contribution in [0.15, 0.2) is 109 Å². The average Bonchev–Trinajstić information content (AvgIpc) is 3.26. The summed E-state index contributed by atoms with van der Waals surface area (Å²) in [5, 5.41) is 23.4. The molecule has 0 unspecified atom stereocenters. The van der Waals surface area contributed by atoms with E-state index < -0.39 is 15.8 Å². The number of aromatic nitrogens is 1. The van der Waals surface area contributed by atoms with E-state index in [2.05, 4.69) is 57.8 Å². The Morgan fingerprint density at radius 3 is 1.07 bits per heavy atom. The van der Waals surface area contributed by atoms with Gasteiger partial charge in [0.25, 0.3) is 0 Å². The summed E-state index contributed by atoms with van der Waals surface area (Å²) in [6.07, 6.45) is 32.8. The molecule has 4 aromatic rings. The molecule has 4 fully saturated rings. The van der Waals surface area contributed by atoms with Crippen molar-refractivity contribution in [1.29, 1.82) is 0 Å². The molecule has 2 N–H and O–H groups in total. The Labute approximate surface area is 346 Å². The molecule has 0 aliphatic heterocycles. The monoisotopic (exact) mass is 951 g/mol. The first-order chi connectivity index (χ1) is 27.2. The Bertz CT molecular complexity index is 1480. The van der Waals surface area contributed by atoms with Crippen molar-refractivity contribution in [1.82, 2.24) is 4.98 Å². The van der Waals surface area contributed by atoms with Gasteiger partial charge in [0.2, 0.25) is 0 Å². The number of hydrogen-bond acceptors (Lipinski definition) is 3. The predicted molar refractivity (Wildman–Crippen MR) is 238 cm³/mol. The molecule has 55 heavy (non-hydrogen) atoms.